The highest BCUT2D eigenvalue weighted by Gasteiger charge is 2.62. The van der Waals surface area contributed by atoms with Gasteiger partial charge in [-0.1, -0.05) is 30.3 Å². The van der Waals surface area contributed by atoms with Crippen molar-refractivity contribution in [3.8, 4) is 0 Å². The fourth-order valence-electron chi connectivity index (χ4n) is 3.45. The summed E-state index contributed by atoms with van der Waals surface area (Å²) in [6, 6.07) is 8.53. The molecule has 1 N–H and O–H groups in total. The Kier molecular flexibility index (Phi) is 6.02. The number of esters is 3. The normalized spacial score (nSPS) is 27.8. The molecule has 1 fully saturated rings. The molecular weight excluding hydrogens is 338 g/mol. The van der Waals surface area contributed by atoms with Crippen LogP contribution in [0.3, 0.4) is 0 Å². The standard InChI is InChI=1S/C19H25NO6/c1-11(2)26-18(23)19(3)14(17(22)25-5)13(16(21)24-4)15(20-19)12-9-7-6-8-10-12/h6-11,13-15,20H,1-5H3/t13-,14+,15-,19-/m0/s1. The van der Waals surface area contributed by atoms with Crippen molar-refractivity contribution in [3.63, 3.8) is 0 Å². The molecule has 142 valence electrons. The summed E-state index contributed by atoms with van der Waals surface area (Å²) in [6.45, 7) is 4.99. The minimum Gasteiger partial charge on any atom is -0.469 e. The van der Waals surface area contributed by atoms with E-state index >= 15 is 0 Å². The Labute approximate surface area is 153 Å². The largest absolute Gasteiger partial charge is 0.469 e. The van der Waals surface area contributed by atoms with Gasteiger partial charge >= 0.3 is 17.9 Å². The number of rotatable bonds is 5. The number of carbonyl (C=O) groups is 3. The molecule has 0 amide bonds. The number of benzene rings is 1. The van der Waals surface area contributed by atoms with Gasteiger partial charge in [-0.15, -0.1) is 0 Å². The highest BCUT2D eigenvalue weighted by Crippen LogP contribution is 2.45. The first-order valence-electron chi connectivity index (χ1n) is 8.45. The van der Waals surface area contributed by atoms with Crippen molar-refractivity contribution < 1.29 is 28.6 Å². The number of hydrogen-bond donors (Lipinski definition) is 1. The van der Waals surface area contributed by atoms with Crippen LogP contribution in [0.4, 0.5) is 0 Å². The first kappa shape index (κ1) is 19.9. The van der Waals surface area contributed by atoms with E-state index < -0.39 is 41.3 Å². The maximum absolute atomic E-state index is 12.8. The van der Waals surface area contributed by atoms with Gasteiger partial charge in [0.25, 0.3) is 0 Å². The molecule has 0 aromatic heterocycles. The van der Waals surface area contributed by atoms with Gasteiger partial charge in [0.15, 0.2) is 0 Å². The summed E-state index contributed by atoms with van der Waals surface area (Å²) in [6.07, 6.45) is -0.369. The van der Waals surface area contributed by atoms with Crippen molar-refractivity contribution in [2.24, 2.45) is 11.8 Å². The predicted octanol–water partition coefficient (Wildman–Crippen LogP) is 1.62. The molecule has 1 aliphatic rings. The van der Waals surface area contributed by atoms with E-state index in [0.29, 0.717) is 0 Å². The number of nitrogens with one attached hydrogen (secondary N) is 1. The average molecular weight is 363 g/mol. The number of carbonyl (C=O) groups excluding carboxylic acids is 3. The van der Waals surface area contributed by atoms with E-state index in [1.165, 1.54) is 14.2 Å². The maximum atomic E-state index is 12.8. The fourth-order valence-corrected chi connectivity index (χ4v) is 3.45. The summed E-state index contributed by atoms with van der Waals surface area (Å²) in [5.41, 5.74) is -0.672. The Morgan fingerprint density at radius 3 is 2.12 bits per heavy atom. The molecular formula is C19H25NO6. The van der Waals surface area contributed by atoms with Crippen LogP contribution in [0.25, 0.3) is 0 Å². The average Bonchev–Trinajstić information content (AvgIpc) is 2.95. The van der Waals surface area contributed by atoms with Crippen LogP contribution in [0.1, 0.15) is 32.4 Å². The van der Waals surface area contributed by atoms with Gasteiger partial charge in [0.2, 0.25) is 0 Å². The minimum absolute atomic E-state index is 0.369. The van der Waals surface area contributed by atoms with Crippen LogP contribution in [-0.4, -0.2) is 43.8 Å². The second-order valence-corrected chi connectivity index (χ2v) is 6.74. The van der Waals surface area contributed by atoms with E-state index in [1.54, 1.807) is 20.8 Å². The third-order valence-corrected chi connectivity index (χ3v) is 4.65. The van der Waals surface area contributed by atoms with Gasteiger partial charge in [-0.25, -0.2) is 0 Å². The summed E-state index contributed by atoms with van der Waals surface area (Å²) in [5.74, 6) is -3.90. The summed E-state index contributed by atoms with van der Waals surface area (Å²) >= 11 is 0. The molecule has 26 heavy (non-hydrogen) atoms. The molecule has 7 heteroatoms. The molecule has 1 saturated heterocycles. The highest BCUT2D eigenvalue weighted by molar-refractivity contribution is 5.94. The fraction of sp³-hybridized carbons (Fsp3) is 0.526. The lowest BCUT2D eigenvalue weighted by molar-refractivity contribution is -0.166. The van der Waals surface area contributed by atoms with Crippen molar-refractivity contribution in [1.29, 1.82) is 0 Å². The summed E-state index contributed by atoms with van der Waals surface area (Å²) < 4.78 is 15.2. The van der Waals surface area contributed by atoms with Crippen LogP contribution >= 0.6 is 0 Å². The molecule has 0 bridgehead atoms. The Bertz CT molecular complexity index is 674. The summed E-state index contributed by atoms with van der Waals surface area (Å²) in [7, 11) is 2.47. The summed E-state index contributed by atoms with van der Waals surface area (Å²) in [4.78, 5) is 37.9. The third kappa shape index (κ3) is 3.58. The van der Waals surface area contributed by atoms with E-state index in [4.69, 9.17) is 14.2 Å². The van der Waals surface area contributed by atoms with Crippen molar-refractivity contribution >= 4 is 17.9 Å². The lowest BCUT2D eigenvalue weighted by Crippen LogP contribution is -2.54. The Balaban J connectivity index is 2.56. The van der Waals surface area contributed by atoms with Crippen LogP contribution in [0.15, 0.2) is 30.3 Å². The number of methoxy groups -OCH3 is 2. The minimum atomic E-state index is -1.43. The Morgan fingerprint density at radius 2 is 1.62 bits per heavy atom. The third-order valence-electron chi connectivity index (χ3n) is 4.65. The molecule has 1 heterocycles. The summed E-state index contributed by atoms with van der Waals surface area (Å²) in [5, 5.41) is 3.14. The van der Waals surface area contributed by atoms with E-state index in [-0.39, 0.29) is 6.10 Å². The second kappa shape index (κ2) is 7.86. The zero-order chi connectivity index (χ0) is 19.5. The second-order valence-electron chi connectivity index (χ2n) is 6.74. The van der Waals surface area contributed by atoms with Crippen LogP contribution < -0.4 is 5.32 Å². The lowest BCUT2D eigenvalue weighted by Gasteiger charge is -2.29. The lowest BCUT2D eigenvalue weighted by atomic mass is 9.78. The van der Waals surface area contributed by atoms with Crippen molar-refractivity contribution in [2.75, 3.05) is 14.2 Å². The first-order chi connectivity index (χ1) is 12.3. The van der Waals surface area contributed by atoms with Gasteiger partial charge in [0.1, 0.15) is 11.5 Å². The number of ether oxygens (including phenoxy) is 3. The van der Waals surface area contributed by atoms with Crippen LogP contribution in [0.2, 0.25) is 0 Å². The first-order valence-corrected chi connectivity index (χ1v) is 8.45. The van der Waals surface area contributed by atoms with Crippen molar-refractivity contribution in [1.82, 2.24) is 5.32 Å². The molecule has 0 aliphatic carbocycles. The van der Waals surface area contributed by atoms with Gasteiger partial charge < -0.3 is 14.2 Å². The molecule has 7 nitrogen and oxygen atoms in total. The molecule has 0 unspecified atom stereocenters. The maximum Gasteiger partial charge on any atom is 0.327 e. The molecule has 2 rings (SSSR count). The monoisotopic (exact) mass is 363 g/mol. The van der Waals surface area contributed by atoms with E-state index in [2.05, 4.69) is 5.32 Å². The molecule has 1 aliphatic heterocycles. The Morgan fingerprint density at radius 1 is 1.04 bits per heavy atom. The van der Waals surface area contributed by atoms with Gasteiger partial charge in [0.05, 0.1) is 26.2 Å². The van der Waals surface area contributed by atoms with Crippen LogP contribution in [0.5, 0.6) is 0 Å². The van der Waals surface area contributed by atoms with Crippen LogP contribution in [-0.2, 0) is 28.6 Å². The van der Waals surface area contributed by atoms with E-state index in [9.17, 15) is 14.4 Å². The van der Waals surface area contributed by atoms with E-state index in [0.717, 1.165) is 5.56 Å². The van der Waals surface area contributed by atoms with Gasteiger partial charge in [-0.2, -0.15) is 0 Å². The number of hydrogen-bond acceptors (Lipinski definition) is 7. The SMILES string of the molecule is COC(=O)[C@@H]1[C@H](c2ccccc2)N[C@](C)(C(=O)OC(C)C)[C@H]1C(=O)OC. The van der Waals surface area contributed by atoms with Crippen molar-refractivity contribution in [2.45, 2.75) is 38.5 Å². The molecule has 4 atom stereocenters. The molecule has 0 radical (unpaired) electrons. The quantitative estimate of drug-likeness (QED) is 0.628. The molecule has 0 saturated carbocycles. The smallest absolute Gasteiger partial charge is 0.327 e. The Hall–Kier alpha value is -2.41. The zero-order valence-corrected chi connectivity index (χ0v) is 15.6. The topological polar surface area (TPSA) is 90.9 Å². The van der Waals surface area contributed by atoms with Crippen molar-refractivity contribution in [3.05, 3.63) is 35.9 Å². The van der Waals surface area contributed by atoms with Gasteiger partial charge in [0, 0.05) is 6.04 Å². The molecule has 0 spiro atoms. The van der Waals surface area contributed by atoms with Gasteiger partial charge in [-0.3, -0.25) is 19.7 Å². The van der Waals surface area contributed by atoms with Crippen LogP contribution in [0, 0.1) is 11.8 Å². The molecule has 1 aromatic carbocycles. The zero-order valence-electron chi connectivity index (χ0n) is 15.6. The molecule has 1 aromatic rings. The van der Waals surface area contributed by atoms with Gasteiger partial charge in [-0.05, 0) is 26.3 Å². The highest BCUT2D eigenvalue weighted by atomic mass is 16.5. The predicted molar refractivity (Wildman–Crippen MR) is 93.0 cm³/mol. The van der Waals surface area contributed by atoms with E-state index in [1.807, 2.05) is 30.3 Å².